The molecule has 0 spiro atoms. The molecule has 2 heterocycles. The van der Waals surface area contributed by atoms with Gasteiger partial charge in [0.2, 0.25) is 5.91 Å². The molecule has 8 rings (SSSR count). The average molecular weight is 924 g/mol. The number of carbonyl (C=O) groups excluding carboxylic acids is 1. The van der Waals surface area contributed by atoms with E-state index in [-0.39, 0.29) is 52.8 Å². The molecule has 7 aliphatic rings. The number of aliphatic hydroxyl groups excluding tert-OH is 5. The van der Waals surface area contributed by atoms with Crippen LogP contribution >= 0.6 is 0 Å². The van der Waals surface area contributed by atoms with Crippen molar-refractivity contribution in [2.45, 2.75) is 181 Å². The van der Waals surface area contributed by atoms with Crippen molar-refractivity contribution in [1.82, 2.24) is 5.32 Å². The molecule has 2 saturated heterocycles. The molecule has 6 fully saturated rings. The Balaban J connectivity index is 1.03. The van der Waals surface area contributed by atoms with E-state index in [4.69, 9.17) is 23.7 Å². The predicted octanol–water partition coefficient (Wildman–Crippen LogP) is 5.76. The number of carboxylic acids is 1. The summed E-state index contributed by atoms with van der Waals surface area (Å²) >= 11 is 0. The predicted molar refractivity (Wildman–Crippen MR) is 245 cm³/mol. The highest BCUT2D eigenvalue weighted by Crippen LogP contribution is 2.76. The van der Waals surface area contributed by atoms with Crippen LogP contribution in [0.1, 0.15) is 125 Å². The number of carboxylic acid groups (broad SMARTS) is 1. The second-order valence-corrected chi connectivity index (χ2v) is 23.1. The number of benzene rings is 1. The summed E-state index contributed by atoms with van der Waals surface area (Å²) in [6.07, 6.45) is 2.49. The summed E-state index contributed by atoms with van der Waals surface area (Å²) in [5.74, 6) is 0.194. The molecule has 0 bridgehead atoms. The van der Waals surface area contributed by atoms with Gasteiger partial charge in [0.05, 0.1) is 31.3 Å². The van der Waals surface area contributed by atoms with Crippen molar-refractivity contribution in [3.05, 3.63) is 47.6 Å². The van der Waals surface area contributed by atoms with Gasteiger partial charge in [-0.25, -0.2) is 0 Å². The van der Waals surface area contributed by atoms with Gasteiger partial charge in [0.15, 0.2) is 12.6 Å². The summed E-state index contributed by atoms with van der Waals surface area (Å²) in [6, 6.07) is 6.09. The zero-order valence-corrected chi connectivity index (χ0v) is 40.3. The Hall–Kier alpha value is -2.92. The third kappa shape index (κ3) is 8.39. The van der Waals surface area contributed by atoms with E-state index in [0.29, 0.717) is 31.1 Å². The Kier molecular flexibility index (Phi) is 13.6. The highest BCUT2D eigenvalue weighted by molar-refractivity contribution is 5.92. The number of carbonyl (C=O) groups is 2. The molecule has 1 amide bonds. The zero-order chi connectivity index (χ0) is 47.8. The van der Waals surface area contributed by atoms with E-state index in [1.165, 1.54) is 11.6 Å². The molecule has 17 atom stereocenters. The number of aliphatic hydroxyl groups is 5. The van der Waals surface area contributed by atoms with Gasteiger partial charge in [0, 0.05) is 6.08 Å². The van der Waals surface area contributed by atoms with Crippen molar-refractivity contribution in [3.8, 4) is 5.75 Å². The Morgan fingerprint density at radius 2 is 1.55 bits per heavy atom. The number of hydrogen-bond acceptors (Lipinski definition) is 12. The maximum absolute atomic E-state index is 13.6. The van der Waals surface area contributed by atoms with E-state index in [2.05, 4.69) is 59.9 Å². The number of hydrogen-bond donors (Lipinski definition) is 7. The molecule has 14 heteroatoms. The van der Waals surface area contributed by atoms with E-state index in [1.807, 2.05) is 31.2 Å². The molecule has 4 saturated carbocycles. The van der Waals surface area contributed by atoms with Crippen molar-refractivity contribution in [3.63, 3.8) is 0 Å². The summed E-state index contributed by atoms with van der Waals surface area (Å²) < 4.78 is 30.2. The normalized spacial score (nSPS) is 45.0. The van der Waals surface area contributed by atoms with Gasteiger partial charge in [-0.3, -0.25) is 9.59 Å². The van der Waals surface area contributed by atoms with Crippen molar-refractivity contribution >= 4 is 18.0 Å². The summed E-state index contributed by atoms with van der Waals surface area (Å²) in [4.78, 5) is 26.8. The molecular formula is C52H77NO13. The van der Waals surface area contributed by atoms with Crippen LogP contribution in [-0.4, -0.2) is 124 Å². The number of ether oxygens (including phenoxy) is 5. The minimum absolute atomic E-state index is 0.0315. The lowest BCUT2D eigenvalue weighted by molar-refractivity contribution is -0.322. The van der Waals surface area contributed by atoms with Gasteiger partial charge < -0.3 is 59.6 Å². The third-order valence-corrected chi connectivity index (χ3v) is 18.8. The van der Waals surface area contributed by atoms with Crippen molar-refractivity contribution in [2.75, 3.05) is 19.8 Å². The Labute approximate surface area is 390 Å². The van der Waals surface area contributed by atoms with E-state index < -0.39 is 78.0 Å². The van der Waals surface area contributed by atoms with Crippen LogP contribution in [0.2, 0.25) is 0 Å². The maximum atomic E-state index is 13.6. The maximum Gasteiger partial charge on any atom is 0.310 e. The lowest BCUT2D eigenvalue weighted by Gasteiger charge is -2.71. The second kappa shape index (κ2) is 18.1. The standard InChI is InChI=1S/C52H77NO13/c1-9-62-30-13-10-29(11-14-30)12-17-38(55)53-39-42(58)41(57)34(28-64-45-43(59)40(56)33(54)27-63-45)65-44(39)66-37-19-20-49(6)35(48(37,4)5)18-21-51(8)36(49)16-15-31-32-26-47(2,3)22-24-52(32,46(60)61)25-23-50(31,51)7/h10-15,17,32-37,39-45,54,56-59H,9,16,18-28H2,1-8H3,(H,53,55)(H,60,61)/b17-12+/t32-,33-,34+,35-,36+,37-,39+,40-,41+,42+,43+,44-,45-,49-,50+,51+,52-/m0/s1. The lowest BCUT2D eigenvalue weighted by atomic mass is 9.33. The van der Waals surface area contributed by atoms with Gasteiger partial charge in [-0.05, 0) is 140 Å². The summed E-state index contributed by atoms with van der Waals surface area (Å²) in [5.41, 5.74) is 0.940. The molecule has 0 aromatic heterocycles. The minimum Gasteiger partial charge on any atom is -0.494 e. The molecule has 0 radical (unpaired) electrons. The topological polar surface area (TPSA) is 214 Å². The highest BCUT2D eigenvalue weighted by Gasteiger charge is 2.69. The quantitative estimate of drug-likeness (QED) is 0.0801. The van der Waals surface area contributed by atoms with Crippen LogP contribution in [0.4, 0.5) is 0 Å². The molecule has 368 valence electrons. The molecular weight excluding hydrogens is 847 g/mol. The van der Waals surface area contributed by atoms with Gasteiger partial charge >= 0.3 is 5.97 Å². The van der Waals surface area contributed by atoms with Crippen LogP contribution in [0.3, 0.4) is 0 Å². The SMILES string of the molecule is CCOc1ccc(/C=C/C(=O)N[C@H]2[C@H](O[C@H]3CC[C@]4(C)[C@H]5CC=C6[C@@H]7CC(C)(C)CC[C@]7(C(=O)O)CC[C@@]6(C)[C@]5(C)CC[C@H]4C3(C)C)O[C@H](CO[C@@H]3OC[C@H](O)[C@H](O)[C@H]3O)[C@@H](O)[C@@H]2O)cc1. The van der Waals surface area contributed by atoms with E-state index in [9.17, 15) is 40.2 Å². The van der Waals surface area contributed by atoms with Crippen LogP contribution in [0.25, 0.3) is 6.08 Å². The first kappa shape index (κ1) is 49.5. The fourth-order valence-electron chi connectivity index (χ4n) is 14.7. The number of fused-ring (bicyclic) bond motifs is 7. The lowest BCUT2D eigenvalue weighted by Crippen LogP contribution is -2.67. The first-order valence-corrected chi connectivity index (χ1v) is 24.6. The van der Waals surface area contributed by atoms with Gasteiger partial charge in [0.1, 0.15) is 48.4 Å². The van der Waals surface area contributed by atoms with E-state index >= 15 is 0 Å². The highest BCUT2D eigenvalue weighted by atomic mass is 16.7. The van der Waals surface area contributed by atoms with Gasteiger partial charge in [0.25, 0.3) is 0 Å². The Bertz CT molecular complexity index is 2000. The molecule has 7 N–H and O–H groups in total. The van der Waals surface area contributed by atoms with Crippen LogP contribution in [0, 0.1) is 50.2 Å². The first-order chi connectivity index (χ1) is 31.0. The van der Waals surface area contributed by atoms with Gasteiger partial charge in [-0.15, -0.1) is 0 Å². The van der Waals surface area contributed by atoms with Crippen molar-refractivity contribution in [2.24, 2.45) is 50.2 Å². The molecule has 5 aliphatic carbocycles. The van der Waals surface area contributed by atoms with Gasteiger partial charge in [-0.1, -0.05) is 72.2 Å². The second-order valence-electron chi connectivity index (χ2n) is 23.1. The fraction of sp³-hybridized carbons (Fsp3) is 0.769. The van der Waals surface area contributed by atoms with Crippen LogP contribution < -0.4 is 10.1 Å². The molecule has 2 aliphatic heterocycles. The fourth-order valence-corrected chi connectivity index (χ4v) is 14.7. The number of amides is 1. The summed E-state index contributed by atoms with van der Waals surface area (Å²) in [6.45, 7) is 18.3. The van der Waals surface area contributed by atoms with Crippen LogP contribution in [0.5, 0.6) is 5.75 Å². The van der Waals surface area contributed by atoms with Crippen molar-refractivity contribution < 1.29 is 63.9 Å². The Morgan fingerprint density at radius 1 is 0.833 bits per heavy atom. The third-order valence-electron chi connectivity index (χ3n) is 18.8. The number of rotatable bonds is 11. The van der Waals surface area contributed by atoms with Crippen LogP contribution in [-0.2, 0) is 28.5 Å². The Morgan fingerprint density at radius 3 is 2.24 bits per heavy atom. The summed E-state index contributed by atoms with van der Waals surface area (Å²) in [7, 11) is 0. The van der Waals surface area contributed by atoms with Gasteiger partial charge in [-0.2, -0.15) is 0 Å². The molecule has 66 heavy (non-hydrogen) atoms. The van der Waals surface area contributed by atoms with Crippen LogP contribution in [0.15, 0.2) is 42.0 Å². The number of nitrogens with one attached hydrogen (secondary N) is 1. The smallest absolute Gasteiger partial charge is 0.310 e. The number of allylic oxidation sites excluding steroid dienone is 2. The molecule has 1 aromatic rings. The molecule has 14 nitrogen and oxygen atoms in total. The average Bonchev–Trinajstić information content (AvgIpc) is 3.26. The van der Waals surface area contributed by atoms with E-state index in [1.54, 1.807) is 6.08 Å². The van der Waals surface area contributed by atoms with E-state index in [0.717, 1.165) is 56.9 Å². The molecule has 1 aromatic carbocycles. The minimum atomic E-state index is -1.57. The first-order valence-electron chi connectivity index (χ1n) is 24.6. The largest absolute Gasteiger partial charge is 0.494 e. The summed E-state index contributed by atoms with van der Waals surface area (Å²) in [5, 5.41) is 67.6. The molecule has 0 unspecified atom stereocenters. The van der Waals surface area contributed by atoms with Crippen molar-refractivity contribution in [1.29, 1.82) is 0 Å². The number of aliphatic carboxylic acids is 1. The zero-order valence-electron chi connectivity index (χ0n) is 40.3. The monoisotopic (exact) mass is 924 g/mol.